The van der Waals surface area contributed by atoms with Crippen LogP contribution in [0.5, 0.6) is 5.75 Å². The molecule has 3 rings (SSSR count). The van der Waals surface area contributed by atoms with E-state index in [4.69, 9.17) is 9.15 Å². The van der Waals surface area contributed by atoms with Crippen molar-refractivity contribution in [1.29, 1.82) is 0 Å². The van der Waals surface area contributed by atoms with Gasteiger partial charge in [-0.05, 0) is 42.3 Å². The molecule has 3 aromatic rings. The summed E-state index contributed by atoms with van der Waals surface area (Å²) in [5.41, 5.74) is 1.26. The van der Waals surface area contributed by atoms with E-state index in [9.17, 15) is 9.18 Å². The lowest BCUT2D eigenvalue weighted by Crippen LogP contribution is -2.06. The van der Waals surface area contributed by atoms with Crippen LogP contribution in [0.25, 0.3) is 22.1 Å². The Hall–Kier alpha value is -2.88. The quantitative estimate of drug-likeness (QED) is 0.368. The zero-order valence-electron chi connectivity index (χ0n) is 15.5. The highest BCUT2D eigenvalue weighted by Gasteiger charge is 2.15. The maximum Gasteiger partial charge on any atom is 0.347 e. The Bertz CT molecular complexity index is 987. The second kappa shape index (κ2) is 8.67. The summed E-state index contributed by atoms with van der Waals surface area (Å²) in [6, 6.07) is 12.7. The first-order valence-electron chi connectivity index (χ1n) is 9.23. The summed E-state index contributed by atoms with van der Waals surface area (Å²) >= 11 is 0. The van der Waals surface area contributed by atoms with Crippen LogP contribution in [0.4, 0.5) is 4.39 Å². The molecular weight excluding hydrogens is 343 g/mol. The van der Waals surface area contributed by atoms with Crippen LogP contribution in [0.2, 0.25) is 0 Å². The molecule has 1 heterocycles. The SMILES string of the molecule is C=CCCc1ccc(-c2cc3ccc(OCCCC)c(F)c3c(=O)o2)cc1. The molecule has 0 aliphatic heterocycles. The van der Waals surface area contributed by atoms with Crippen molar-refractivity contribution in [3.63, 3.8) is 0 Å². The third kappa shape index (κ3) is 4.27. The molecule has 140 valence electrons. The second-order valence-corrected chi connectivity index (χ2v) is 6.47. The zero-order chi connectivity index (χ0) is 19.2. The number of benzene rings is 2. The number of hydrogen-bond acceptors (Lipinski definition) is 3. The van der Waals surface area contributed by atoms with Crippen molar-refractivity contribution in [2.24, 2.45) is 0 Å². The van der Waals surface area contributed by atoms with Gasteiger partial charge in [0.05, 0.1) is 6.61 Å². The van der Waals surface area contributed by atoms with Gasteiger partial charge in [0.15, 0.2) is 11.6 Å². The van der Waals surface area contributed by atoms with Gasteiger partial charge < -0.3 is 9.15 Å². The maximum absolute atomic E-state index is 14.7. The number of rotatable bonds is 8. The average Bonchev–Trinajstić information content (AvgIpc) is 2.68. The van der Waals surface area contributed by atoms with Crippen molar-refractivity contribution < 1.29 is 13.5 Å². The average molecular weight is 366 g/mol. The molecule has 0 spiro atoms. The zero-order valence-corrected chi connectivity index (χ0v) is 15.5. The Balaban J connectivity index is 1.94. The number of fused-ring (bicyclic) bond motifs is 1. The van der Waals surface area contributed by atoms with Crippen LogP contribution in [-0.4, -0.2) is 6.61 Å². The van der Waals surface area contributed by atoms with Gasteiger partial charge >= 0.3 is 5.63 Å². The first-order chi connectivity index (χ1) is 13.1. The highest BCUT2D eigenvalue weighted by atomic mass is 19.1. The number of unbranched alkanes of at least 4 members (excludes halogenated alkanes) is 1. The van der Waals surface area contributed by atoms with Crippen molar-refractivity contribution in [2.45, 2.75) is 32.6 Å². The Morgan fingerprint density at radius 3 is 2.67 bits per heavy atom. The fraction of sp³-hybridized carbons (Fsp3) is 0.261. The second-order valence-electron chi connectivity index (χ2n) is 6.47. The molecule has 0 aliphatic rings. The first kappa shape index (κ1) is 18.9. The predicted molar refractivity (Wildman–Crippen MR) is 107 cm³/mol. The van der Waals surface area contributed by atoms with Crippen LogP contribution >= 0.6 is 0 Å². The lowest BCUT2D eigenvalue weighted by molar-refractivity contribution is 0.295. The molecule has 0 N–H and O–H groups in total. The summed E-state index contributed by atoms with van der Waals surface area (Å²) in [5.74, 6) is -0.159. The van der Waals surface area contributed by atoms with Gasteiger partial charge in [-0.25, -0.2) is 9.18 Å². The van der Waals surface area contributed by atoms with Gasteiger partial charge in [-0.15, -0.1) is 6.58 Å². The minimum absolute atomic E-state index is 0.0737. The lowest BCUT2D eigenvalue weighted by Gasteiger charge is -2.09. The smallest absolute Gasteiger partial charge is 0.347 e. The van der Waals surface area contributed by atoms with E-state index in [1.165, 1.54) is 5.56 Å². The number of ether oxygens (including phenoxy) is 1. The van der Waals surface area contributed by atoms with Crippen LogP contribution in [-0.2, 0) is 6.42 Å². The molecule has 0 saturated heterocycles. The summed E-state index contributed by atoms with van der Waals surface area (Å²) in [4.78, 5) is 12.4. The van der Waals surface area contributed by atoms with E-state index in [1.807, 2.05) is 37.3 Å². The third-order valence-corrected chi connectivity index (χ3v) is 4.46. The number of aryl methyl sites for hydroxylation is 1. The molecule has 0 unspecified atom stereocenters. The molecule has 1 aromatic heterocycles. The highest BCUT2D eigenvalue weighted by Crippen LogP contribution is 2.28. The summed E-state index contributed by atoms with van der Waals surface area (Å²) in [5, 5.41) is 0.424. The Morgan fingerprint density at radius 1 is 1.19 bits per heavy atom. The molecule has 2 aromatic carbocycles. The molecule has 0 saturated carbocycles. The molecule has 0 aliphatic carbocycles. The normalized spacial score (nSPS) is 10.9. The van der Waals surface area contributed by atoms with E-state index in [2.05, 4.69) is 6.58 Å². The molecule has 3 nitrogen and oxygen atoms in total. The molecule has 0 atom stereocenters. The Kier molecular flexibility index (Phi) is 6.07. The van der Waals surface area contributed by atoms with E-state index in [0.717, 1.165) is 31.2 Å². The molecule has 4 heteroatoms. The fourth-order valence-electron chi connectivity index (χ4n) is 2.91. The molecular formula is C23H23FO3. The molecule has 0 amide bonds. The van der Waals surface area contributed by atoms with Crippen LogP contribution in [0.15, 0.2) is 64.3 Å². The molecule has 27 heavy (non-hydrogen) atoms. The first-order valence-corrected chi connectivity index (χ1v) is 9.23. The molecule has 0 fully saturated rings. The summed E-state index contributed by atoms with van der Waals surface area (Å²) < 4.78 is 25.5. The van der Waals surface area contributed by atoms with Crippen molar-refractivity contribution in [1.82, 2.24) is 0 Å². The number of hydrogen-bond donors (Lipinski definition) is 0. The molecule has 0 radical (unpaired) electrons. The van der Waals surface area contributed by atoms with Crippen LogP contribution < -0.4 is 10.4 Å². The van der Waals surface area contributed by atoms with E-state index in [0.29, 0.717) is 17.8 Å². The van der Waals surface area contributed by atoms with E-state index >= 15 is 0 Å². The van der Waals surface area contributed by atoms with Gasteiger partial charge in [0.2, 0.25) is 0 Å². The van der Waals surface area contributed by atoms with Crippen molar-refractivity contribution in [3.05, 3.63) is 76.9 Å². The van der Waals surface area contributed by atoms with Crippen LogP contribution in [0.1, 0.15) is 31.7 Å². The summed E-state index contributed by atoms with van der Waals surface area (Å²) in [6.45, 7) is 6.17. The fourth-order valence-corrected chi connectivity index (χ4v) is 2.91. The summed E-state index contributed by atoms with van der Waals surface area (Å²) in [7, 11) is 0. The van der Waals surface area contributed by atoms with E-state index < -0.39 is 11.4 Å². The minimum atomic E-state index is -0.698. The maximum atomic E-state index is 14.7. The minimum Gasteiger partial charge on any atom is -0.490 e. The van der Waals surface area contributed by atoms with Gasteiger partial charge in [-0.2, -0.15) is 0 Å². The number of halogens is 1. The van der Waals surface area contributed by atoms with Crippen molar-refractivity contribution >= 4 is 10.8 Å². The molecule has 0 bridgehead atoms. The van der Waals surface area contributed by atoms with Gasteiger partial charge in [-0.1, -0.05) is 49.8 Å². The van der Waals surface area contributed by atoms with E-state index in [-0.39, 0.29) is 11.1 Å². The van der Waals surface area contributed by atoms with Crippen molar-refractivity contribution in [2.75, 3.05) is 6.61 Å². The lowest BCUT2D eigenvalue weighted by atomic mass is 10.0. The highest BCUT2D eigenvalue weighted by molar-refractivity contribution is 5.86. The topological polar surface area (TPSA) is 39.4 Å². The largest absolute Gasteiger partial charge is 0.490 e. The predicted octanol–water partition coefficient (Wildman–Crippen LogP) is 5.90. The summed E-state index contributed by atoms with van der Waals surface area (Å²) in [6.07, 6.45) is 5.48. The monoisotopic (exact) mass is 366 g/mol. The van der Waals surface area contributed by atoms with Crippen LogP contribution in [0.3, 0.4) is 0 Å². The Morgan fingerprint density at radius 2 is 1.96 bits per heavy atom. The Labute approximate surface area is 158 Å². The van der Waals surface area contributed by atoms with Gasteiger partial charge in [0, 0.05) is 5.56 Å². The number of allylic oxidation sites excluding steroid dienone is 1. The van der Waals surface area contributed by atoms with Crippen molar-refractivity contribution in [3.8, 4) is 17.1 Å². The third-order valence-electron chi connectivity index (χ3n) is 4.46. The van der Waals surface area contributed by atoms with Gasteiger partial charge in [0.25, 0.3) is 0 Å². The van der Waals surface area contributed by atoms with Gasteiger partial charge in [0.1, 0.15) is 11.1 Å². The standard InChI is InChI=1S/C23H23FO3/c1-3-5-7-16-8-10-17(11-9-16)20-15-18-12-13-19(26-14-6-4-2)22(24)21(18)23(25)27-20/h3,8-13,15H,1,4-7,14H2,2H3. The van der Waals surface area contributed by atoms with Gasteiger partial charge in [-0.3, -0.25) is 0 Å². The van der Waals surface area contributed by atoms with E-state index in [1.54, 1.807) is 18.2 Å². The van der Waals surface area contributed by atoms with Crippen LogP contribution in [0, 0.1) is 5.82 Å².